The monoisotopic (exact) mass is 308 g/mol. The number of ether oxygens (including phenoxy) is 1. The molecule has 0 amide bonds. The third-order valence-electron chi connectivity index (χ3n) is 2.39. The number of methoxy groups -OCH3 is 1. The average Bonchev–Trinajstić information content (AvgIpc) is 2.67. The van der Waals surface area contributed by atoms with Crippen LogP contribution in [0.2, 0.25) is 15.1 Å². The molecule has 96 valence electrons. The zero-order valence-corrected chi connectivity index (χ0v) is 11.4. The third kappa shape index (κ3) is 2.06. The molecule has 2 rings (SSSR count). The van der Waals surface area contributed by atoms with E-state index in [0.717, 1.165) is 0 Å². The Morgan fingerprint density at radius 2 is 2.06 bits per heavy atom. The van der Waals surface area contributed by atoms with Gasteiger partial charge in [-0.15, -0.1) is 0 Å². The second-order valence-electron chi connectivity index (χ2n) is 3.51. The van der Waals surface area contributed by atoms with Gasteiger partial charge >= 0.3 is 5.97 Å². The molecule has 0 unspecified atom stereocenters. The van der Waals surface area contributed by atoms with Crippen LogP contribution in [0.25, 0.3) is 11.0 Å². The Morgan fingerprint density at radius 1 is 1.39 bits per heavy atom. The molecular weight excluding hydrogens is 302 g/mol. The minimum absolute atomic E-state index is 0.0328. The standard InChI is InChI=1S/C11H7Cl3O4/c1-17-3-4-7-8(14)5(12)2-6(13)10(7)18-9(4)11(15)16/h2H,3H2,1H3,(H,15,16). The van der Waals surface area contributed by atoms with E-state index in [1.165, 1.54) is 13.2 Å². The summed E-state index contributed by atoms with van der Waals surface area (Å²) in [6.07, 6.45) is 0. The summed E-state index contributed by atoms with van der Waals surface area (Å²) in [5, 5.41) is 10.1. The first kappa shape index (κ1) is 13.5. The van der Waals surface area contributed by atoms with Gasteiger partial charge in [-0.25, -0.2) is 4.79 Å². The fraction of sp³-hybridized carbons (Fsp3) is 0.182. The molecule has 0 fully saturated rings. The summed E-state index contributed by atoms with van der Waals surface area (Å²) in [5.41, 5.74) is 0.505. The molecule has 18 heavy (non-hydrogen) atoms. The Bertz CT molecular complexity index is 633. The molecule has 2 aromatic rings. The molecule has 1 aromatic heterocycles. The first-order valence-corrected chi connectivity index (χ1v) is 5.91. The molecule has 0 aliphatic rings. The number of aromatic carboxylic acids is 1. The van der Waals surface area contributed by atoms with E-state index in [4.69, 9.17) is 49.1 Å². The van der Waals surface area contributed by atoms with Crippen LogP contribution in [0, 0.1) is 0 Å². The van der Waals surface area contributed by atoms with Crippen LogP contribution < -0.4 is 0 Å². The molecule has 1 N–H and O–H groups in total. The van der Waals surface area contributed by atoms with Crippen molar-refractivity contribution in [2.45, 2.75) is 6.61 Å². The second kappa shape index (κ2) is 4.97. The van der Waals surface area contributed by atoms with Gasteiger partial charge in [0.2, 0.25) is 5.76 Å². The largest absolute Gasteiger partial charge is 0.475 e. The molecule has 0 spiro atoms. The van der Waals surface area contributed by atoms with Crippen molar-refractivity contribution in [3.8, 4) is 0 Å². The third-order valence-corrected chi connectivity index (χ3v) is 3.46. The van der Waals surface area contributed by atoms with Gasteiger partial charge < -0.3 is 14.3 Å². The lowest BCUT2D eigenvalue weighted by Gasteiger charge is -2.02. The van der Waals surface area contributed by atoms with Crippen molar-refractivity contribution in [1.29, 1.82) is 0 Å². The Labute approximate surface area is 117 Å². The van der Waals surface area contributed by atoms with Crippen LogP contribution in [0.15, 0.2) is 10.5 Å². The maximum absolute atomic E-state index is 11.1. The fourth-order valence-electron chi connectivity index (χ4n) is 1.68. The van der Waals surface area contributed by atoms with Gasteiger partial charge in [-0.1, -0.05) is 34.8 Å². The van der Waals surface area contributed by atoms with E-state index in [1.807, 2.05) is 0 Å². The van der Waals surface area contributed by atoms with E-state index in [9.17, 15) is 4.79 Å². The van der Waals surface area contributed by atoms with Crippen molar-refractivity contribution < 1.29 is 19.1 Å². The average molecular weight is 310 g/mol. The van der Waals surface area contributed by atoms with Gasteiger partial charge in [0, 0.05) is 18.1 Å². The summed E-state index contributed by atoms with van der Waals surface area (Å²) < 4.78 is 10.2. The molecule has 0 aliphatic heterocycles. The van der Waals surface area contributed by atoms with Gasteiger partial charge in [0.05, 0.1) is 21.7 Å². The molecule has 0 radical (unpaired) electrons. The lowest BCUT2D eigenvalue weighted by atomic mass is 10.1. The predicted octanol–water partition coefficient (Wildman–Crippen LogP) is 4.24. The first-order valence-electron chi connectivity index (χ1n) is 4.78. The number of hydrogen-bond donors (Lipinski definition) is 1. The van der Waals surface area contributed by atoms with Crippen molar-refractivity contribution in [3.63, 3.8) is 0 Å². The topological polar surface area (TPSA) is 59.7 Å². The summed E-state index contributed by atoms with van der Waals surface area (Å²) in [5.74, 6) is -1.47. The molecule has 0 saturated carbocycles. The summed E-state index contributed by atoms with van der Waals surface area (Å²) in [6, 6.07) is 1.40. The Hall–Kier alpha value is -0.940. The summed E-state index contributed by atoms with van der Waals surface area (Å²) >= 11 is 17.9. The maximum atomic E-state index is 11.1. The first-order chi connectivity index (χ1) is 8.47. The quantitative estimate of drug-likeness (QED) is 0.862. The number of carboxylic acids is 1. The van der Waals surface area contributed by atoms with Crippen molar-refractivity contribution in [1.82, 2.24) is 0 Å². The summed E-state index contributed by atoms with van der Waals surface area (Å²) in [6.45, 7) is 0.0328. The zero-order valence-electron chi connectivity index (χ0n) is 9.09. The molecule has 0 saturated heterocycles. The molecule has 0 bridgehead atoms. The molecule has 1 aromatic carbocycles. The van der Waals surface area contributed by atoms with E-state index in [-0.39, 0.29) is 33.0 Å². The molecule has 0 aliphatic carbocycles. The van der Waals surface area contributed by atoms with Crippen LogP contribution in [0.5, 0.6) is 0 Å². The van der Waals surface area contributed by atoms with Crippen molar-refractivity contribution in [3.05, 3.63) is 32.5 Å². The smallest absolute Gasteiger partial charge is 0.372 e. The van der Waals surface area contributed by atoms with E-state index in [0.29, 0.717) is 10.9 Å². The fourth-order valence-corrected chi connectivity index (χ4v) is 2.44. The van der Waals surface area contributed by atoms with E-state index in [1.54, 1.807) is 0 Å². The Kier molecular flexibility index (Phi) is 3.73. The zero-order chi connectivity index (χ0) is 13.4. The van der Waals surface area contributed by atoms with Gasteiger partial charge in [0.15, 0.2) is 5.58 Å². The highest BCUT2D eigenvalue weighted by Crippen LogP contribution is 2.40. The summed E-state index contributed by atoms with van der Waals surface area (Å²) in [4.78, 5) is 11.1. The van der Waals surface area contributed by atoms with E-state index in [2.05, 4.69) is 0 Å². The van der Waals surface area contributed by atoms with Crippen LogP contribution in [-0.4, -0.2) is 18.2 Å². The number of rotatable bonds is 3. The van der Waals surface area contributed by atoms with Crippen molar-refractivity contribution >= 4 is 51.7 Å². The number of fused-ring (bicyclic) bond motifs is 1. The molecule has 4 nitrogen and oxygen atoms in total. The molecule has 0 atom stereocenters. The van der Waals surface area contributed by atoms with Crippen LogP contribution in [-0.2, 0) is 11.3 Å². The lowest BCUT2D eigenvalue weighted by Crippen LogP contribution is -2.00. The molecule has 1 heterocycles. The maximum Gasteiger partial charge on any atom is 0.372 e. The predicted molar refractivity (Wildman–Crippen MR) is 68.9 cm³/mol. The minimum atomic E-state index is -1.22. The van der Waals surface area contributed by atoms with Gasteiger partial charge in [0.1, 0.15) is 0 Å². The normalized spacial score (nSPS) is 11.1. The molecular formula is C11H7Cl3O4. The highest BCUT2D eigenvalue weighted by Gasteiger charge is 2.24. The van der Waals surface area contributed by atoms with Crippen LogP contribution in [0.3, 0.4) is 0 Å². The Balaban J connectivity index is 2.90. The number of carbonyl (C=O) groups is 1. The SMILES string of the molecule is COCc1c(C(=O)O)oc2c(Cl)cc(Cl)c(Cl)c12. The van der Waals surface area contributed by atoms with Gasteiger partial charge in [-0.2, -0.15) is 0 Å². The van der Waals surface area contributed by atoms with E-state index >= 15 is 0 Å². The number of halogens is 3. The number of carboxylic acid groups (broad SMARTS) is 1. The number of benzene rings is 1. The second-order valence-corrected chi connectivity index (χ2v) is 4.70. The summed E-state index contributed by atoms with van der Waals surface area (Å²) in [7, 11) is 1.44. The van der Waals surface area contributed by atoms with Gasteiger partial charge in [0.25, 0.3) is 0 Å². The highest BCUT2D eigenvalue weighted by molar-refractivity contribution is 6.47. The molecule has 7 heteroatoms. The van der Waals surface area contributed by atoms with Gasteiger partial charge in [-0.3, -0.25) is 0 Å². The minimum Gasteiger partial charge on any atom is -0.475 e. The number of furan rings is 1. The number of hydrogen-bond acceptors (Lipinski definition) is 3. The van der Waals surface area contributed by atoms with Crippen LogP contribution >= 0.6 is 34.8 Å². The van der Waals surface area contributed by atoms with Gasteiger partial charge in [-0.05, 0) is 6.07 Å². The Morgan fingerprint density at radius 3 is 2.61 bits per heavy atom. The highest BCUT2D eigenvalue weighted by atomic mass is 35.5. The van der Waals surface area contributed by atoms with Crippen molar-refractivity contribution in [2.75, 3.05) is 7.11 Å². The van der Waals surface area contributed by atoms with Crippen molar-refractivity contribution in [2.24, 2.45) is 0 Å². The lowest BCUT2D eigenvalue weighted by molar-refractivity contribution is 0.0658. The van der Waals surface area contributed by atoms with Crippen LogP contribution in [0.4, 0.5) is 0 Å². The van der Waals surface area contributed by atoms with Crippen LogP contribution in [0.1, 0.15) is 16.1 Å². The van der Waals surface area contributed by atoms with E-state index < -0.39 is 5.97 Å².